The molecule has 1 saturated carbocycles. The minimum absolute atomic E-state index is 0.0492. The average Bonchev–Trinajstić information content (AvgIpc) is 2.73. The molecule has 2 rings (SSSR count). The molecule has 0 aliphatic heterocycles. The molecule has 2 atom stereocenters. The zero-order valence-electron chi connectivity index (χ0n) is 7.03. The number of aromatic nitrogens is 1. The fourth-order valence-corrected chi connectivity index (χ4v) is 1.48. The maximum atomic E-state index is 11.4. The number of rotatable bonds is 1. The van der Waals surface area contributed by atoms with Gasteiger partial charge in [-0.1, -0.05) is 6.92 Å². The fourth-order valence-electron chi connectivity index (χ4n) is 1.48. The lowest BCUT2D eigenvalue weighted by atomic mass is 10.4. The van der Waals surface area contributed by atoms with Crippen LogP contribution in [0.1, 0.15) is 19.4 Å². The quantitative estimate of drug-likeness (QED) is 0.673. The van der Waals surface area contributed by atoms with Crippen LogP contribution >= 0.6 is 0 Å². The first-order chi connectivity index (χ1) is 5.70. The van der Waals surface area contributed by atoms with Crippen molar-refractivity contribution < 1.29 is 0 Å². The van der Waals surface area contributed by atoms with E-state index in [-0.39, 0.29) is 5.56 Å². The third-order valence-corrected chi connectivity index (χ3v) is 2.43. The lowest BCUT2D eigenvalue weighted by Gasteiger charge is -2.03. The lowest BCUT2D eigenvalue weighted by Crippen LogP contribution is -2.21. The molecule has 1 aliphatic carbocycles. The Kier molecular flexibility index (Phi) is 1.46. The third-order valence-electron chi connectivity index (χ3n) is 2.43. The van der Waals surface area contributed by atoms with Crippen molar-refractivity contribution in [1.29, 1.82) is 0 Å². The molecule has 0 unspecified atom stereocenters. The molecule has 0 radical (unpaired) electrons. The van der Waals surface area contributed by atoms with Gasteiger partial charge in [-0.05, 0) is 24.5 Å². The minimum atomic E-state index is -0.0492. The van der Waals surface area contributed by atoms with Crippen molar-refractivity contribution in [2.45, 2.75) is 19.4 Å². The van der Waals surface area contributed by atoms with Crippen LogP contribution in [-0.4, -0.2) is 4.57 Å². The van der Waals surface area contributed by atoms with Crippen LogP contribution < -0.4 is 11.3 Å². The molecular weight excluding hydrogens is 152 g/mol. The zero-order chi connectivity index (χ0) is 8.72. The first kappa shape index (κ1) is 7.40. The molecule has 0 bridgehead atoms. The molecule has 0 spiro atoms. The summed E-state index contributed by atoms with van der Waals surface area (Å²) in [5.74, 6) is 0.629. The van der Waals surface area contributed by atoms with Crippen LogP contribution in [0.25, 0.3) is 0 Å². The zero-order valence-corrected chi connectivity index (χ0v) is 7.03. The lowest BCUT2D eigenvalue weighted by molar-refractivity contribution is 0.661. The number of pyridine rings is 1. The summed E-state index contributed by atoms with van der Waals surface area (Å²) in [6.45, 7) is 2.14. The predicted molar refractivity (Wildman–Crippen MR) is 47.9 cm³/mol. The van der Waals surface area contributed by atoms with Gasteiger partial charge in [0.1, 0.15) is 0 Å². The molecule has 0 aromatic carbocycles. The molecule has 1 aromatic heterocycles. The second-order valence-corrected chi connectivity index (χ2v) is 3.46. The number of nitrogens with two attached hydrogens (primary N) is 1. The van der Waals surface area contributed by atoms with E-state index >= 15 is 0 Å². The molecule has 64 valence electrons. The average molecular weight is 164 g/mol. The third kappa shape index (κ3) is 1.02. The summed E-state index contributed by atoms with van der Waals surface area (Å²) >= 11 is 0. The Morgan fingerprint density at radius 2 is 2.33 bits per heavy atom. The van der Waals surface area contributed by atoms with Gasteiger partial charge in [-0.2, -0.15) is 0 Å². The van der Waals surface area contributed by atoms with Crippen LogP contribution in [-0.2, 0) is 0 Å². The highest BCUT2D eigenvalue weighted by molar-refractivity contribution is 5.34. The normalized spacial score (nSPS) is 27.1. The number of anilines is 1. The smallest absolute Gasteiger partial charge is 0.273 e. The first-order valence-corrected chi connectivity index (χ1v) is 4.17. The first-order valence-electron chi connectivity index (χ1n) is 4.17. The summed E-state index contributed by atoms with van der Waals surface area (Å²) in [4.78, 5) is 11.4. The largest absolute Gasteiger partial charge is 0.394 e. The molecule has 1 aliphatic rings. The van der Waals surface area contributed by atoms with Crippen molar-refractivity contribution in [3.8, 4) is 0 Å². The van der Waals surface area contributed by atoms with E-state index in [0.29, 0.717) is 17.6 Å². The molecule has 3 heteroatoms. The van der Waals surface area contributed by atoms with Gasteiger partial charge in [0.15, 0.2) is 0 Å². The summed E-state index contributed by atoms with van der Waals surface area (Å²) in [6, 6.07) is 3.86. The molecule has 0 saturated heterocycles. The van der Waals surface area contributed by atoms with Crippen molar-refractivity contribution in [2.75, 3.05) is 5.73 Å². The van der Waals surface area contributed by atoms with Crippen LogP contribution in [0.15, 0.2) is 23.1 Å². The summed E-state index contributed by atoms with van der Waals surface area (Å²) in [5.41, 5.74) is 5.79. The molecule has 0 amide bonds. The van der Waals surface area contributed by atoms with E-state index in [9.17, 15) is 4.79 Å². The SMILES string of the molecule is C[C@H]1C[C@@H]1n1cccc(N)c1=O. The Morgan fingerprint density at radius 1 is 1.67 bits per heavy atom. The van der Waals surface area contributed by atoms with Crippen LogP contribution in [0, 0.1) is 5.92 Å². The highest BCUT2D eigenvalue weighted by atomic mass is 16.1. The Hall–Kier alpha value is -1.25. The fraction of sp³-hybridized carbons (Fsp3) is 0.444. The monoisotopic (exact) mass is 164 g/mol. The van der Waals surface area contributed by atoms with E-state index in [1.54, 1.807) is 10.6 Å². The van der Waals surface area contributed by atoms with E-state index in [4.69, 9.17) is 5.73 Å². The Morgan fingerprint density at radius 3 is 2.92 bits per heavy atom. The van der Waals surface area contributed by atoms with Crippen molar-refractivity contribution in [1.82, 2.24) is 4.57 Å². The highest BCUT2D eigenvalue weighted by Crippen LogP contribution is 2.41. The van der Waals surface area contributed by atoms with E-state index in [1.807, 2.05) is 12.3 Å². The summed E-state index contributed by atoms with van der Waals surface area (Å²) < 4.78 is 1.74. The van der Waals surface area contributed by atoms with Crippen molar-refractivity contribution in [2.24, 2.45) is 5.92 Å². The van der Waals surface area contributed by atoms with Crippen LogP contribution in [0.3, 0.4) is 0 Å². The van der Waals surface area contributed by atoms with Gasteiger partial charge < -0.3 is 10.3 Å². The molecule has 1 fully saturated rings. The molecule has 1 heterocycles. The predicted octanol–water partition coefficient (Wildman–Crippen LogP) is 1.01. The van der Waals surface area contributed by atoms with Gasteiger partial charge >= 0.3 is 0 Å². The van der Waals surface area contributed by atoms with Crippen molar-refractivity contribution >= 4 is 5.69 Å². The van der Waals surface area contributed by atoms with Crippen LogP contribution in [0.2, 0.25) is 0 Å². The maximum Gasteiger partial charge on any atom is 0.273 e. The van der Waals surface area contributed by atoms with E-state index in [0.717, 1.165) is 6.42 Å². The summed E-state index contributed by atoms with van der Waals surface area (Å²) in [7, 11) is 0. The van der Waals surface area contributed by atoms with Gasteiger partial charge in [0.25, 0.3) is 5.56 Å². The number of nitrogen functional groups attached to an aromatic ring is 1. The van der Waals surface area contributed by atoms with Crippen LogP contribution in [0.5, 0.6) is 0 Å². The van der Waals surface area contributed by atoms with Crippen molar-refractivity contribution in [3.05, 3.63) is 28.7 Å². The molecule has 12 heavy (non-hydrogen) atoms. The maximum absolute atomic E-state index is 11.4. The Balaban J connectivity index is 2.45. The molecular formula is C9H12N2O. The molecule has 3 nitrogen and oxygen atoms in total. The van der Waals surface area contributed by atoms with Gasteiger partial charge in [-0.25, -0.2) is 0 Å². The number of hydrogen-bond donors (Lipinski definition) is 1. The van der Waals surface area contributed by atoms with E-state index in [1.165, 1.54) is 0 Å². The standard InChI is InChI=1S/C9H12N2O/c1-6-5-8(6)11-4-2-3-7(10)9(11)12/h2-4,6,8H,5,10H2,1H3/t6-,8-/m0/s1. The van der Waals surface area contributed by atoms with E-state index < -0.39 is 0 Å². The number of hydrogen-bond acceptors (Lipinski definition) is 2. The molecule has 1 aromatic rings. The minimum Gasteiger partial charge on any atom is -0.394 e. The van der Waals surface area contributed by atoms with Gasteiger partial charge in [0.2, 0.25) is 0 Å². The highest BCUT2D eigenvalue weighted by Gasteiger charge is 2.34. The van der Waals surface area contributed by atoms with Crippen LogP contribution in [0.4, 0.5) is 5.69 Å². The summed E-state index contributed by atoms with van der Waals surface area (Å²) in [6.07, 6.45) is 2.91. The second-order valence-electron chi connectivity index (χ2n) is 3.46. The molecule has 2 N–H and O–H groups in total. The van der Waals surface area contributed by atoms with E-state index in [2.05, 4.69) is 6.92 Å². The topological polar surface area (TPSA) is 48.0 Å². The van der Waals surface area contributed by atoms with Crippen molar-refractivity contribution in [3.63, 3.8) is 0 Å². The number of nitrogens with zero attached hydrogens (tertiary/aromatic N) is 1. The van der Waals surface area contributed by atoms with Gasteiger partial charge in [-0.15, -0.1) is 0 Å². The van der Waals surface area contributed by atoms with Gasteiger partial charge in [0, 0.05) is 12.2 Å². The van der Waals surface area contributed by atoms with Gasteiger partial charge in [-0.3, -0.25) is 4.79 Å². The van der Waals surface area contributed by atoms with Gasteiger partial charge in [0.05, 0.1) is 5.69 Å². The summed E-state index contributed by atoms with van der Waals surface area (Å²) in [5, 5.41) is 0. The Labute approximate surface area is 70.8 Å². The second kappa shape index (κ2) is 2.37. The Bertz CT molecular complexity index is 356.